The number of rotatable bonds is 14. The predicted molar refractivity (Wildman–Crippen MR) is 166 cm³/mol. The van der Waals surface area contributed by atoms with E-state index in [9.17, 15) is 34.4 Å². The predicted octanol–water partition coefficient (Wildman–Crippen LogP) is 3.53. The summed E-state index contributed by atoms with van der Waals surface area (Å²) in [5, 5.41) is 38.6. The van der Waals surface area contributed by atoms with Crippen LogP contribution in [0.15, 0.2) is 78.8 Å². The molecule has 0 radical (unpaired) electrons. The van der Waals surface area contributed by atoms with Gasteiger partial charge in [-0.2, -0.15) is 0 Å². The molecule has 2 atom stereocenters. The van der Waals surface area contributed by atoms with E-state index in [2.05, 4.69) is 16.0 Å². The summed E-state index contributed by atoms with van der Waals surface area (Å²) in [7, 11) is 1.47. The zero-order valence-electron chi connectivity index (χ0n) is 25.1. The number of para-hydroxylation sites is 2. The second kappa shape index (κ2) is 14.7. The molecule has 3 aromatic rings. The second-order valence-electron chi connectivity index (χ2n) is 10.6. The summed E-state index contributed by atoms with van der Waals surface area (Å²) in [6.45, 7) is 1.36. The highest BCUT2D eigenvalue weighted by molar-refractivity contribution is 5.92. The standard InChI is InChI=1S/C32H33N5O9/c1-19(38)36-17-22-16-23(33-28(18-37(44)45)34-25-5-3-4-6-27(25)46-2)12-13-24(22)30(36)31(41)35-26(32(42)43)15-21-9-7-20(8-10-21)11-14-29(39)40/h3-10,12-13,16,18,26,30,33-34H,11,14-15,17H2,1-2H3,(H,35,41)(H,39,40)(H,42,43). The maximum atomic E-state index is 13.5. The number of carbonyl (C=O) groups excluding carboxylic acids is 2. The van der Waals surface area contributed by atoms with Gasteiger partial charge in [-0.15, -0.1) is 0 Å². The van der Waals surface area contributed by atoms with Crippen LogP contribution in [0.2, 0.25) is 0 Å². The van der Waals surface area contributed by atoms with Crippen molar-refractivity contribution in [3.63, 3.8) is 0 Å². The molecule has 0 bridgehead atoms. The van der Waals surface area contributed by atoms with E-state index in [4.69, 9.17) is 9.84 Å². The highest BCUT2D eigenvalue weighted by atomic mass is 16.6. The van der Waals surface area contributed by atoms with Gasteiger partial charge < -0.3 is 35.8 Å². The Balaban J connectivity index is 1.52. The minimum atomic E-state index is -1.30. The highest BCUT2D eigenvalue weighted by Crippen LogP contribution is 2.36. The van der Waals surface area contributed by atoms with Crippen LogP contribution >= 0.6 is 0 Å². The van der Waals surface area contributed by atoms with Gasteiger partial charge in [0.1, 0.15) is 17.8 Å². The molecular formula is C32H33N5O9. The molecular weight excluding hydrogens is 598 g/mol. The van der Waals surface area contributed by atoms with E-state index >= 15 is 0 Å². The lowest BCUT2D eigenvalue weighted by molar-refractivity contribution is -0.403. The summed E-state index contributed by atoms with van der Waals surface area (Å²) in [5.41, 5.74) is 3.41. The van der Waals surface area contributed by atoms with Gasteiger partial charge in [0.15, 0.2) is 5.82 Å². The minimum absolute atomic E-state index is 0.0310. The zero-order chi connectivity index (χ0) is 33.4. The van der Waals surface area contributed by atoms with Crippen LogP contribution in [0, 0.1) is 10.1 Å². The Labute approximate surface area is 263 Å². The average Bonchev–Trinajstić information content (AvgIpc) is 3.39. The molecule has 4 rings (SSSR count). The topological polar surface area (TPSA) is 200 Å². The third-order valence-electron chi connectivity index (χ3n) is 7.34. The number of aliphatic carboxylic acids is 2. The Morgan fingerprint density at radius 1 is 1.04 bits per heavy atom. The number of anilines is 2. The number of carbonyl (C=O) groups is 4. The fourth-order valence-electron chi connectivity index (χ4n) is 5.14. The fraction of sp³-hybridized carbons (Fsp3) is 0.250. The Kier molecular flexibility index (Phi) is 10.5. The lowest BCUT2D eigenvalue weighted by atomic mass is 10.0. The smallest absolute Gasteiger partial charge is 0.326 e. The van der Waals surface area contributed by atoms with Crippen LogP contribution < -0.4 is 20.7 Å². The van der Waals surface area contributed by atoms with E-state index in [0.29, 0.717) is 40.2 Å². The molecule has 5 N–H and O–H groups in total. The van der Waals surface area contributed by atoms with E-state index in [-0.39, 0.29) is 25.2 Å². The summed E-state index contributed by atoms with van der Waals surface area (Å²) in [6, 6.07) is 16.2. The Hall–Kier alpha value is -5.92. The summed E-state index contributed by atoms with van der Waals surface area (Å²) < 4.78 is 5.31. The molecule has 2 amide bonds. The molecule has 14 heteroatoms. The Morgan fingerprint density at radius 3 is 2.37 bits per heavy atom. The van der Waals surface area contributed by atoms with Gasteiger partial charge in [-0.3, -0.25) is 24.5 Å². The highest BCUT2D eigenvalue weighted by Gasteiger charge is 2.38. The van der Waals surface area contributed by atoms with Crippen LogP contribution in [-0.2, 0) is 38.6 Å². The van der Waals surface area contributed by atoms with Gasteiger partial charge in [0.05, 0.1) is 17.7 Å². The number of carboxylic acid groups (broad SMARTS) is 2. The monoisotopic (exact) mass is 631 g/mol. The molecule has 1 aliphatic heterocycles. The molecule has 14 nitrogen and oxygen atoms in total. The first-order valence-electron chi connectivity index (χ1n) is 14.2. The van der Waals surface area contributed by atoms with Gasteiger partial charge in [0.25, 0.3) is 6.20 Å². The fourth-order valence-corrected chi connectivity index (χ4v) is 5.14. The van der Waals surface area contributed by atoms with Crippen molar-refractivity contribution < 1.29 is 39.1 Å². The lowest BCUT2D eigenvalue weighted by Gasteiger charge is -2.25. The minimum Gasteiger partial charge on any atom is -0.495 e. The van der Waals surface area contributed by atoms with E-state index in [1.54, 1.807) is 66.7 Å². The summed E-state index contributed by atoms with van der Waals surface area (Å²) >= 11 is 0. The first kappa shape index (κ1) is 33.0. The van der Waals surface area contributed by atoms with Crippen LogP contribution in [-0.4, -0.2) is 56.9 Å². The quantitative estimate of drug-likeness (QED) is 0.129. The molecule has 3 aromatic carbocycles. The number of hydrogen-bond donors (Lipinski definition) is 5. The van der Waals surface area contributed by atoms with Crippen molar-refractivity contribution in [3.05, 3.63) is 111 Å². The van der Waals surface area contributed by atoms with E-state index < -0.39 is 40.8 Å². The van der Waals surface area contributed by atoms with Gasteiger partial charge in [-0.05, 0) is 52.9 Å². The van der Waals surface area contributed by atoms with Gasteiger partial charge in [-0.1, -0.05) is 42.5 Å². The van der Waals surface area contributed by atoms with E-state index in [0.717, 1.165) is 11.8 Å². The number of hydrogen-bond acceptors (Lipinski definition) is 9. The third-order valence-corrected chi connectivity index (χ3v) is 7.34. The van der Waals surface area contributed by atoms with Crippen LogP contribution in [0.4, 0.5) is 11.4 Å². The largest absolute Gasteiger partial charge is 0.495 e. The first-order chi connectivity index (χ1) is 21.9. The molecule has 0 saturated heterocycles. The first-order valence-corrected chi connectivity index (χ1v) is 14.2. The lowest BCUT2D eigenvalue weighted by Crippen LogP contribution is -2.47. The SMILES string of the molecule is COc1ccccc1NC(=C[N+](=O)[O-])Nc1ccc2c(c1)CN(C(C)=O)C2C(=O)NC(Cc1ccc(CCC(=O)O)cc1)C(=O)O. The number of benzene rings is 3. The Bertz CT molecular complexity index is 1670. The number of nitrogens with zero attached hydrogens (tertiary/aromatic N) is 2. The number of nitrogens with one attached hydrogen (secondary N) is 3. The zero-order valence-corrected chi connectivity index (χ0v) is 25.1. The number of fused-ring (bicyclic) bond motifs is 1. The summed E-state index contributed by atoms with van der Waals surface area (Å²) in [5.74, 6) is -2.76. The van der Waals surface area contributed by atoms with Gasteiger partial charge in [0.2, 0.25) is 11.8 Å². The van der Waals surface area contributed by atoms with Crippen molar-refractivity contribution in [3.8, 4) is 5.75 Å². The van der Waals surface area contributed by atoms with Crippen LogP contribution in [0.3, 0.4) is 0 Å². The number of ether oxygens (including phenoxy) is 1. The van der Waals surface area contributed by atoms with Gasteiger partial charge >= 0.3 is 11.9 Å². The third kappa shape index (κ3) is 8.37. The molecule has 0 fully saturated rings. The maximum absolute atomic E-state index is 13.5. The van der Waals surface area contributed by atoms with Crippen molar-refractivity contribution in [2.75, 3.05) is 17.7 Å². The van der Waals surface area contributed by atoms with Crippen LogP contribution in [0.25, 0.3) is 0 Å². The molecule has 0 saturated carbocycles. The molecule has 1 aliphatic rings. The Morgan fingerprint density at radius 2 is 1.74 bits per heavy atom. The molecule has 46 heavy (non-hydrogen) atoms. The maximum Gasteiger partial charge on any atom is 0.326 e. The number of nitro groups is 1. The number of methoxy groups -OCH3 is 1. The molecule has 0 aromatic heterocycles. The van der Waals surface area contributed by atoms with E-state index in [1.165, 1.54) is 18.9 Å². The van der Waals surface area contributed by atoms with Crippen LogP contribution in [0.1, 0.15) is 41.6 Å². The summed E-state index contributed by atoms with van der Waals surface area (Å²) in [4.78, 5) is 61.1. The molecule has 0 spiro atoms. The van der Waals surface area contributed by atoms with E-state index in [1.807, 2.05) is 0 Å². The molecule has 0 aliphatic carbocycles. The average molecular weight is 632 g/mol. The van der Waals surface area contributed by atoms with Crippen molar-refractivity contribution in [2.45, 2.75) is 44.8 Å². The number of aryl methyl sites for hydroxylation is 1. The number of amides is 2. The van der Waals surface area contributed by atoms with Gasteiger partial charge in [0, 0.05) is 32.0 Å². The van der Waals surface area contributed by atoms with Crippen molar-refractivity contribution in [2.24, 2.45) is 0 Å². The van der Waals surface area contributed by atoms with Crippen molar-refractivity contribution in [1.29, 1.82) is 0 Å². The molecule has 1 heterocycles. The molecule has 240 valence electrons. The normalized spacial score (nSPS) is 14.5. The molecule has 2 unspecified atom stereocenters. The second-order valence-corrected chi connectivity index (χ2v) is 10.6. The van der Waals surface area contributed by atoms with Crippen LogP contribution in [0.5, 0.6) is 5.75 Å². The van der Waals surface area contributed by atoms with Crippen molar-refractivity contribution >= 4 is 35.1 Å². The summed E-state index contributed by atoms with van der Waals surface area (Å²) in [6.07, 6.45) is 1.03. The van der Waals surface area contributed by atoms with Gasteiger partial charge in [-0.25, -0.2) is 4.79 Å². The number of carboxylic acids is 2. The van der Waals surface area contributed by atoms with Crippen molar-refractivity contribution in [1.82, 2.24) is 10.2 Å².